The summed E-state index contributed by atoms with van der Waals surface area (Å²) in [5, 5.41) is 0.643. The quantitative estimate of drug-likeness (QED) is 0.626. The fourth-order valence-electron chi connectivity index (χ4n) is 3.68. The second-order valence-electron chi connectivity index (χ2n) is 7.35. The first-order valence-electron chi connectivity index (χ1n) is 9.87. The molecule has 8 heteroatoms. The van der Waals surface area contributed by atoms with Gasteiger partial charge in [-0.2, -0.15) is 0 Å². The summed E-state index contributed by atoms with van der Waals surface area (Å²) in [4.78, 5) is 30.6. The maximum absolute atomic E-state index is 12.6. The molecule has 3 heterocycles. The van der Waals surface area contributed by atoms with Gasteiger partial charge in [-0.3, -0.25) is 24.2 Å². The Labute approximate surface area is 169 Å². The van der Waals surface area contributed by atoms with Gasteiger partial charge in [0.2, 0.25) is 0 Å². The minimum Gasteiger partial charge on any atom is -0.383 e. The lowest BCUT2D eigenvalue weighted by molar-refractivity contribution is 0.186. The van der Waals surface area contributed by atoms with Crippen LogP contribution in [-0.2, 0) is 17.8 Å². The standard InChI is InChI=1S/C21H26N6O2/c1-16-12-22-13-17(24-16)14-25-5-7-26(8-6-25)18-3-4-19-20(11-18)23-15-27(21(19)28)9-10-29-2/h3-4,11-13,15H,5-10,14H2,1-2H3. The molecular formula is C21H26N6O2. The predicted octanol–water partition coefficient (Wildman–Crippen LogP) is 1.46. The number of aryl methyl sites for hydroxylation is 1. The molecule has 0 N–H and O–H groups in total. The summed E-state index contributed by atoms with van der Waals surface area (Å²) in [6, 6.07) is 5.92. The molecule has 0 aliphatic carbocycles. The number of benzene rings is 1. The lowest BCUT2D eigenvalue weighted by atomic mass is 10.2. The second-order valence-corrected chi connectivity index (χ2v) is 7.35. The molecule has 152 valence electrons. The predicted molar refractivity (Wildman–Crippen MR) is 112 cm³/mol. The van der Waals surface area contributed by atoms with Gasteiger partial charge in [0.25, 0.3) is 5.56 Å². The van der Waals surface area contributed by atoms with Gasteiger partial charge in [0.05, 0.1) is 41.8 Å². The van der Waals surface area contributed by atoms with Crippen LogP contribution in [0.5, 0.6) is 0 Å². The SMILES string of the molecule is COCCn1cnc2cc(N3CCN(Cc4cncc(C)n4)CC3)ccc2c1=O. The van der Waals surface area contributed by atoms with Crippen molar-refractivity contribution in [3.05, 3.63) is 58.7 Å². The van der Waals surface area contributed by atoms with Crippen LogP contribution < -0.4 is 10.5 Å². The van der Waals surface area contributed by atoms with Crippen LogP contribution >= 0.6 is 0 Å². The summed E-state index contributed by atoms with van der Waals surface area (Å²) in [6.45, 7) is 7.55. The summed E-state index contributed by atoms with van der Waals surface area (Å²) in [6.07, 6.45) is 5.23. The molecule has 0 atom stereocenters. The number of aromatic nitrogens is 4. The lowest BCUT2D eigenvalue weighted by Gasteiger charge is -2.36. The van der Waals surface area contributed by atoms with Crippen LogP contribution in [0, 0.1) is 6.92 Å². The largest absolute Gasteiger partial charge is 0.383 e. The molecule has 2 aromatic heterocycles. The molecule has 0 unspecified atom stereocenters. The summed E-state index contributed by atoms with van der Waals surface area (Å²) < 4.78 is 6.65. The normalized spacial score (nSPS) is 15.2. The van der Waals surface area contributed by atoms with Gasteiger partial charge in [-0.25, -0.2) is 4.98 Å². The third-order valence-electron chi connectivity index (χ3n) is 5.27. The Hall–Kier alpha value is -2.84. The van der Waals surface area contributed by atoms with Crippen molar-refractivity contribution >= 4 is 16.6 Å². The number of rotatable bonds is 6. The average molecular weight is 394 g/mol. The molecule has 1 saturated heterocycles. The van der Waals surface area contributed by atoms with Crippen LogP contribution in [-0.4, -0.2) is 64.3 Å². The van der Waals surface area contributed by atoms with E-state index in [0.29, 0.717) is 18.5 Å². The third-order valence-corrected chi connectivity index (χ3v) is 5.27. The molecule has 1 aliphatic heterocycles. The first-order chi connectivity index (χ1) is 14.1. The van der Waals surface area contributed by atoms with E-state index in [1.165, 1.54) is 0 Å². The van der Waals surface area contributed by atoms with Crippen LogP contribution in [0.25, 0.3) is 10.9 Å². The molecule has 4 rings (SSSR count). The van der Waals surface area contributed by atoms with Gasteiger partial charge >= 0.3 is 0 Å². The monoisotopic (exact) mass is 394 g/mol. The lowest BCUT2D eigenvalue weighted by Crippen LogP contribution is -2.46. The van der Waals surface area contributed by atoms with E-state index in [1.807, 2.05) is 31.3 Å². The van der Waals surface area contributed by atoms with Crippen molar-refractivity contribution in [2.45, 2.75) is 20.0 Å². The molecule has 3 aromatic rings. The number of hydrogen-bond donors (Lipinski definition) is 0. The molecule has 1 fully saturated rings. The topological polar surface area (TPSA) is 76.4 Å². The first-order valence-corrected chi connectivity index (χ1v) is 9.87. The van der Waals surface area contributed by atoms with Gasteiger partial charge in [0.1, 0.15) is 0 Å². The van der Waals surface area contributed by atoms with Crippen molar-refractivity contribution in [1.82, 2.24) is 24.4 Å². The van der Waals surface area contributed by atoms with E-state index in [4.69, 9.17) is 4.74 Å². The summed E-state index contributed by atoms with van der Waals surface area (Å²) in [5.41, 5.74) is 3.78. The van der Waals surface area contributed by atoms with Crippen molar-refractivity contribution in [1.29, 1.82) is 0 Å². The molecule has 1 aliphatic rings. The zero-order chi connectivity index (χ0) is 20.2. The summed E-state index contributed by atoms with van der Waals surface area (Å²) >= 11 is 0. The van der Waals surface area contributed by atoms with Gasteiger partial charge in [-0.05, 0) is 25.1 Å². The number of nitrogens with zero attached hydrogens (tertiary/aromatic N) is 6. The highest BCUT2D eigenvalue weighted by Gasteiger charge is 2.18. The van der Waals surface area contributed by atoms with E-state index in [1.54, 1.807) is 24.2 Å². The van der Waals surface area contributed by atoms with Crippen molar-refractivity contribution in [2.24, 2.45) is 0 Å². The molecular weight excluding hydrogens is 368 g/mol. The Balaban J connectivity index is 1.43. The Bertz CT molecular complexity index is 1040. The van der Waals surface area contributed by atoms with Gasteiger partial charge < -0.3 is 9.64 Å². The van der Waals surface area contributed by atoms with E-state index in [2.05, 4.69) is 24.8 Å². The minimum atomic E-state index is -0.0253. The summed E-state index contributed by atoms with van der Waals surface area (Å²) in [7, 11) is 1.62. The van der Waals surface area contributed by atoms with Gasteiger partial charge in [0.15, 0.2) is 0 Å². The highest BCUT2D eigenvalue weighted by Crippen LogP contribution is 2.21. The second kappa shape index (κ2) is 8.67. The number of anilines is 1. The zero-order valence-electron chi connectivity index (χ0n) is 16.9. The van der Waals surface area contributed by atoms with Gasteiger partial charge in [-0.15, -0.1) is 0 Å². The smallest absolute Gasteiger partial charge is 0.261 e. The molecule has 8 nitrogen and oxygen atoms in total. The minimum absolute atomic E-state index is 0.0253. The number of hydrogen-bond acceptors (Lipinski definition) is 7. The van der Waals surface area contributed by atoms with Crippen molar-refractivity contribution in [3.8, 4) is 0 Å². The Kier molecular flexibility index (Phi) is 5.82. The molecule has 29 heavy (non-hydrogen) atoms. The molecule has 0 radical (unpaired) electrons. The van der Waals surface area contributed by atoms with E-state index < -0.39 is 0 Å². The Morgan fingerprint density at radius 2 is 1.97 bits per heavy atom. The highest BCUT2D eigenvalue weighted by molar-refractivity contribution is 5.81. The van der Waals surface area contributed by atoms with Crippen molar-refractivity contribution in [2.75, 3.05) is 44.8 Å². The Morgan fingerprint density at radius 3 is 2.72 bits per heavy atom. The van der Waals surface area contributed by atoms with Crippen LogP contribution in [0.15, 0.2) is 41.7 Å². The number of ether oxygens (including phenoxy) is 1. The van der Waals surface area contributed by atoms with Gasteiger partial charge in [-0.1, -0.05) is 0 Å². The van der Waals surface area contributed by atoms with E-state index in [9.17, 15) is 4.79 Å². The van der Waals surface area contributed by atoms with E-state index in [-0.39, 0.29) is 5.56 Å². The van der Waals surface area contributed by atoms with Crippen LogP contribution in [0.3, 0.4) is 0 Å². The maximum Gasteiger partial charge on any atom is 0.261 e. The zero-order valence-corrected chi connectivity index (χ0v) is 16.9. The first kappa shape index (κ1) is 19.5. The van der Waals surface area contributed by atoms with Crippen molar-refractivity contribution < 1.29 is 4.74 Å². The molecule has 0 bridgehead atoms. The molecule has 0 spiro atoms. The number of methoxy groups -OCH3 is 1. The number of fused-ring (bicyclic) bond motifs is 1. The van der Waals surface area contributed by atoms with Gasteiger partial charge in [0, 0.05) is 57.9 Å². The Morgan fingerprint density at radius 1 is 1.14 bits per heavy atom. The number of piperazine rings is 1. The molecule has 1 aromatic carbocycles. The maximum atomic E-state index is 12.6. The molecule has 0 amide bonds. The summed E-state index contributed by atoms with van der Waals surface area (Å²) in [5.74, 6) is 0. The fraction of sp³-hybridized carbons (Fsp3) is 0.429. The van der Waals surface area contributed by atoms with E-state index in [0.717, 1.165) is 55.3 Å². The van der Waals surface area contributed by atoms with Crippen LogP contribution in [0.1, 0.15) is 11.4 Å². The van der Waals surface area contributed by atoms with Crippen LogP contribution in [0.4, 0.5) is 5.69 Å². The van der Waals surface area contributed by atoms with Crippen LogP contribution in [0.2, 0.25) is 0 Å². The van der Waals surface area contributed by atoms with E-state index >= 15 is 0 Å². The molecule has 0 saturated carbocycles. The third kappa shape index (κ3) is 4.44. The fourth-order valence-corrected chi connectivity index (χ4v) is 3.68. The highest BCUT2D eigenvalue weighted by atomic mass is 16.5. The average Bonchev–Trinajstić information content (AvgIpc) is 2.74. The van der Waals surface area contributed by atoms with Crippen molar-refractivity contribution in [3.63, 3.8) is 0 Å².